The first-order valence-corrected chi connectivity index (χ1v) is 6.68. The molecule has 0 aromatic heterocycles. The number of carboxylic acids is 1. The fourth-order valence-corrected chi connectivity index (χ4v) is 2.20. The third-order valence-electron chi connectivity index (χ3n) is 3.32. The van der Waals surface area contributed by atoms with Crippen LogP contribution < -0.4 is 5.32 Å². The molecule has 6 nitrogen and oxygen atoms in total. The van der Waals surface area contributed by atoms with E-state index in [4.69, 9.17) is 9.84 Å². The highest BCUT2D eigenvalue weighted by atomic mass is 16.5. The van der Waals surface area contributed by atoms with Crippen molar-refractivity contribution in [3.8, 4) is 0 Å². The molecule has 0 radical (unpaired) electrons. The van der Waals surface area contributed by atoms with E-state index in [1.807, 2.05) is 0 Å². The summed E-state index contributed by atoms with van der Waals surface area (Å²) in [6.45, 7) is 1.25. The van der Waals surface area contributed by atoms with Gasteiger partial charge in [0, 0.05) is 32.0 Å². The van der Waals surface area contributed by atoms with Gasteiger partial charge in [-0.25, -0.2) is 9.59 Å². The summed E-state index contributed by atoms with van der Waals surface area (Å²) in [6.07, 6.45) is 3.48. The van der Waals surface area contributed by atoms with Crippen LogP contribution in [0.4, 0.5) is 10.5 Å². The molecular weight excluding hydrogens is 272 g/mol. The highest BCUT2D eigenvalue weighted by Gasteiger charge is 2.25. The average Bonchev–Trinajstić information content (AvgIpc) is 2.94. The van der Waals surface area contributed by atoms with Gasteiger partial charge in [0.25, 0.3) is 0 Å². The van der Waals surface area contributed by atoms with Gasteiger partial charge in [-0.15, -0.1) is 0 Å². The number of nitrogens with zero attached hydrogens (tertiary/aromatic N) is 1. The minimum atomic E-state index is -1.01. The molecule has 0 saturated carbocycles. The van der Waals surface area contributed by atoms with Crippen molar-refractivity contribution < 1.29 is 19.4 Å². The summed E-state index contributed by atoms with van der Waals surface area (Å²) in [5.74, 6) is -1.01. The third kappa shape index (κ3) is 4.32. The van der Waals surface area contributed by atoms with Crippen LogP contribution in [0, 0.1) is 0 Å². The molecule has 1 unspecified atom stereocenters. The zero-order chi connectivity index (χ0) is 15.2. The number of aliphatic carboxylic acids is 1. The van der Waals surface area contributed by atoms with Gasteiger partial charge in [-0.1, -0.05) is 12.1 Å². The molecule has 0 bridgehead atoms. The van der Waals surface area contributed by atoms with Crippen molar-refractivity contribution in [1.82, 2.24) is 4.90 Å². The number of hydrogen-bond acceptors (Lipinski definition) is 3. The van der Waals surface area contributed by atoms with E-state index in [2.05, 4.69) is 5.32 Å². The summed E-state index contributed by atoms with van der Waals surface area (Å²) < 4.78 is 5.23. The molecule has 2 amide bonds. The van der Waals surface area contributed by atoms with Crippen LogP contribution in [0.15, 0.2) is 30.3 Å². The van der Waals surface area contributed by atoms with Gasteiger partial charge in [0.05, 0.1) is 6.10 Å². The second-order valence-corrected chi connectivity index (χ2v) is 4.82. The molecule has 1 aromatic rings. The lowest BCUT2D eigenvalue weighted by molar-refractivity contribution is -0.131. The Balaban J connectivity index is 1.98. The quantitative estimate of drug-likeness (QED) is 0.832. The predicted molar refractivity (Wildman–Crippen MR) is 79.1 cm³/mol. The van der Waals surface area contributed by atoms with Crippen molar-refractivity contribution >= 4 is 23.8 Å². The lowest BCUT2D eigenvalue weighted by Gasteiger charge is -2.17. The van der Waals surface area contributed by atoms with Crippen molar-refractivity contribution in [2.45, 2.75) is 12.5 Å². The summed E-state index contributed by atoms with van der Waals surface area (Å²) in [4.78, 5) is 24.3. The molecule has 21 heavy (non-hydrogen) atoms. The maximum Gasteiger partial charge on any atom is 0.328 e. The van der Waals surface area contributed by atoms with E-state index < -0.39 is 5.97 Å². The number of nitrogens with one attached hydrogen (secondary N) is 1. The molecule has 6 heteroatoms. The molecule has 1 aliphatic rings. The molecule has 1 fully saturated rings. The second-order valence-electron chi connectivity index (χ2n) is 4.82. The highest BCUT2D eigenvalue weighted by Crippen LogP contribution is 2.16. The van der Waals surface area contributed by atoms with Crippen molar-refractivity contribution in [2.75, 3.05) is 25.5 Å². The normalized spacial score (nSPS) is 18.1. The van der Waals surface area contributed by atoms with Crippen LogP contribution in [0.1, 0.15) is 12.0 Å². The van der Waals surface area contributed by atoms with Gasteiger partial charge >= 0.3 is 12.0 Å². The Labute approximate surface area is 123 Å². The number of amides is 2. The van der Waals surface area contributed by atoms with E-state index in [0.717, 1.165) is 12.5 Å². The number of rotatable bonds is 4. The van der Waals surface area contributed by atoms with Gasteiger partial charge in [-0.2, -0.15) is 0 Å². The maximum atomic E-state index is 12.1. The number of likely N-dealkylation sites (tertiary alicyclic amines) is 1. The van der Waals surface area contributed by atoms with E-state index in [0.29, 0.717) is 24.3 Å². The first-order chi connectivity index (χ1) is 10.1. The molecule has 1 saturated heterocycles. The molecule has 1 aromatic carbocycles. The molecule has 0 spiro atoms. The van der Waals surface area contributed by atoms with Gasteiger partial charge in [0.1, 0.15) is 0 Å². The SMILES string of the molecule is COC1CCN(C(=O)Nc2cccc(/C=C/C(=O)O)c2)C1. The molecule has 2 rings (SSSR count). The first kappa shape index (κ1) is 15.1. The monoisotopic (exact) mass is 290 g/mol. The minimum absolute atomic E-state index is 0.0978. The van der Waals surface area contributed by atoms with Crippen LogP contribution in [0.3, 0.4) is 0 Å². The standard InChI is InChI=1S/C15H18N2O4/c1-21-13-7-8-17(10-13)15(20)16-12-4-2-3-11(9-12)5-6-14(18)19/h2-6,9,13H,7-8,10H2,1H3,(H,16,20)(H,18,19)/b6-5+. The lowest BCUT2D eigenvalue weighted by atomic mass is 10.2. The van der Waals surface area contributed by atoms with Gasteiger partial charge in [-0.05, 0) is 30.2 Å². The Kier molecular flexibility index (Phi) is 4.94. The number of anilines is 1. The molecule has 112 valence electrons. The number of carbonyl (C=O) groups excluding carboxylic acids is 1. The van der Waals surface area contributed by atoms with Crippen molar-refractivity contribution in [1.29, 1.82) is 0 Å². The van der Waals surface area contributed by atoms with E-state index >= 15 is 0 Å². The minimum Gasteiger partial charge on any atom is -0.478 e. The average molecular weight is 290 g/mol. The van der Waals surface area contributed by atoms with Gasteiger partial charge in [0.2, 0.25) is 0 Å². The highest BCUT2D eigenvalue weighted by molar-refractivity contribution is 5.90. The van der Waals surface area contributed by atoms with E-state index in [1.165, 1.54) is 6.08 Å². The summed E-state index contributed by atoms with van der Waals surface area (Å²) in [6, 6.07) is 6.85. The fourth-order valence-electron chi connectivity index (χ4n) is 2.20. The number of carboxylic acid groups (broad SMARTS) is 1. The van der Waals surface area contributed by atoms with Crippen LogP contribution in [0.25, 0.3) is 6.08 Å². The number of benzene rings is 1. The number of urea groups is 1. The fraction of sp³-hybridized carbons (Fsp3) is 0.333. The molecule has 1 atom stereocenters. The van der Waals surface area contributed by atoms with Crippen LogP contribution in [-0.2, 0) is 9.53 Å². The smallest absolute Gasteiger partial charge is 0.328 e. The molecule has 0 aliphatic carbocycles. The summed E-state index contributed by atoms with van der Waals surface area (Å²) in [5.41, 5.74) is 1.35. The first-order valence-electron chi connectivity index (χ1n) is 6.68. The number of ether oxygens (including phenoxy) is 1. The number of carbonyl (C=O) groups is 2. The third-order valence-corrected chi connectivity index (χ3v) is 3.32. The second kappa shape index (κ2) is 6.90. The Hall–Kier alpha value is -2.34. The van der Waals surface area contributed by atoms with E-state index in [9.17, 15) is 9.59 Å². The predicted octanol–water partition coefficient (Wildman–Crippen LogP) is 2.04. The van der Waals surface area contributed by atoms with E-state index in [-0.39, 0.29) is 12.1 Å². The molecule has 1 heterocycles. The van der Waals surface area contributed by atoms with Crippen LogP contribution in [-0.4, -0.2) is 48.3 Å². The van der Waals surface area contributed by atoms with Crippen molar-refractivity contribution in [3.63, 3.8) is 0 Å². The van der Waals surface area contributed by atoms with Gasteiger partial charge in [-0.3, -0.25) is 0 Å². The molecule has 1 aliphatic heterocycles. The van der Waals surface area contributed by atoms with Gasteiger partial charge < -0.3 is 20.1 Å². The van der Waals surface area contributed by atoms with E-state index in [1.54, 1.807) is 36.3 Å². The van der Waals surface area contributed by atoms with Crippen molar-refractivity contribution in [2.24, 2.45) is 0 Å². The van der Waals surface area contributed by atoms with Gasteiger partial charge in [0.15, 0.2) is 0 Å². The van der Waals surface area contributed by atoms with Crippen LogP contribution >= 0.6 is 0 Å². The largest absolute Gasteiger partial charge is 0.478 e. The van der Waals surface area contributed by atoms with Crippen LogP contribution in [0.5, 0.6) is 0 Å². The Bertz CT molecular complexity index is 556. The lowest BCUT2D eigenvalue weighted by Crippen LogP contribution is -2.33. The summed E-state index contributed by atoms with van der Waals surface area (Å²) in [7, 11) is 1.64. The number of hydrogen-bond donors (Lipinski definition) is 2. The summed E-state index contributed by atoms with van der Waals surface area (Å²) in [5, 5.41) is 11.4. The van der Waals surface area contributed by atoms with Crippen molar-refractivity contribution in [3.05, 3.63) is 35.9 Å². The zero-order valence-electron chi connectivity index (χ0n) is 11.8. The number of methoxy groups -OCH3 is 1. The Morgan fingerprint density at radius 2 is 2.29 bits per heavy atom. The van der Waals surface area contributed by atoms with Crippen LogP contribution in [0.2, 0.25) is 0 Å². The molecular formula is C15H18N2O4. The Morgan fingerprint density at radius 3 is 2.95 bits per heavy atom. The summed E-state index contributed by atoms with van der Waals surface area (Å²) >= 11 is 0. The Morgan fingerprint density at radius 1 is 1.48 bits per heavy atom. The maximum absolute atomic E-state index is 12.1. The molecule has 2 N–H and O–H groups in total. The zero-order valence-corrected chi connectivity index (χ0v) is 11.8. The topological polar surface area (TPSA) is 78.9 Å².